The maximum atomic E-state index is 11.9. The number of aromatic nitrogens is 1. The first-order valence-corrected chi connectivity index (χ1v) is 4.52. The third-order valence-corrected chi connectivity index (χ3v) is 1.61. The number of nitrogens with two attached hydrogens (primary N) is 1. The predicted octanol–water partition coefficient (Wildman–Crippen LogP) is 1.74. The van der Waals surface area contributed by atoms with Gasteiger partial charge in [0.05, 0.1) is 18.5 Å². The van der Waals surface area contributed by atoms with Gasteiger partial charge < -0.3 is 15.2 Å². The van der Waals surface area contributed by atoms with Gasteiger partial charge in [0, 0.05) is 0 Å². The second-order valence-electron chi connectivity index (χ2n) is 2.88. The van der Waals surface area contributed by atoms with Gasteiger partial charge in [0.1, 0.15) is 0 Å². The standard InChI is InChI=1S/C9H9F3N2O3/c1-2-16-8(15)6-3-5(13)7(4-14-6)17-9(10,11)12/h3-4H,2H2,1H3,(H2,13,14). The molecule has 5 nitrogen and oxygen atoms in total. The van der Waals surface area contributed by atoms with Gasteiger partial charge in [-0.1, -0.05) is 0 Å². The van der Waals surface area contributed by atoms with Crippen LogP contribution in [-0.2, 0) is 4.74 Å². The molecule has 0 aliphatic rings. The Hall–Kier alpha value is -1.99. The van der Waals surface area contributed by atoms with Crippen molar-refractivity contribution < 1.29 is 27.4 Å². The molecule has 0 spiro atoms. The van der Waals surface area contributed by atoms with Gasteiger partial charge in [0.2, 0.25) is 0 Å². The van der Waals surface area contributed by atoms with E-state index in [0.717, 1.165) is 12.3 Å². The number of hydrogen-bond acceptors (Lipinski definition) is 5. The predicted molar refractivity (Wildman–Crippen MR) is 51.3 cm³/mol. The van der Waals surface area contributed by atoms with Crippen molar-refractivity contribution in [3.05, 3.63) is 18.0 Å². The van der Waals surface area contributed by atoms with Crippen LogP contribution in [0.25, 0.3) is 0 Å². The number of rotatable bonds is 3. The summed E-state index contributed by atoms with van der Waals surface area (Å²) >= 11 is 0. The minimum Gasteiger partial charge on any atom is -0.461 e. The van der Waals surface area contributed by atoms with Crippen LogP contribution in [0, 0.1) is 0 Å². The average molecular weight is 250 g/mol. The van der Waals surface area contributed by atoms with E-state index in [4.69, 9.17) is 5.73 Å². The van der Waals surface area contributed by atoms with Gasteiger partial charge in [-0.3, -0.25) is 0 Å². The molecule has 0 unspecified atom stereocenters. The molecule has 1 aromatic rings. The molecule has 0 saturated heterocycles. The number of ether oxygens (including phenoxy) is 2. The first kappa shape index (κ1) is 13.1. The van der Waals surface area contributed by atoms with E-state index in [1.165, 1.54) is 0 Å². The SMILES string of the molecule is CCOC(=O)c1cc(N)c(OC(F)(F)F)cn1. The fraction of sp³-hybridized carbons (Fsp3) is 0.333. The maximum absolute atomic E-state index is 11.9. The number of nitrogens with zero attached hydrogens (tertiary/aromatic N) is 1. The lowest BCUT2D eigenvalue weighted by Gasteiger charge is -2.11. The molecule has 1 rings (SSSR count). The van der Waals surface area contributed by atoms with Crippen molar-refractivity contribution in [3.63, 3.8) is 0 Å². The first-order chi connectivity index (χ1) is 7.83. The molecule has 0 aliphatic carbocycles. The summed E-state index contributed by atoms with van der Waals surface area (Å²) in [7, 11) is 0. The zero-order valence-electron chi connectivity index (χ0n) is 8.75. The van der Waals surface area contributed by atoms with Crippen molar-refractivity contribution in [3.8, 4) is 5.75 Å². The lowest BCUT2D eigenvalue weighted by Crippen LogP contribution is -2.18. The van der Waals surface area contributed by atoms with Crippen molar-refractivity contribution >= 4 is 11.7 Å². The molecule has 0 fully saturated rings. The van der Waals surface area contributed by atoms with Gasteiger partial charge in [0.25, 0.3) is 0 Å². The highest BCUT2D eigenvalue weighted by molar-refractivity contribution is 5.88. The molecule has 1 heterocycles. The number of carbonyl (C=O) groups excluding carboxylic acids is 1. The Kier molecular flexibility index (Phi) is 3.77. The van der Waals surface area contributed by atoms with E-state index in [9.17, 15) is 18.0 Å². The molecule has 8 heteroatoms. The van der Waals surface area contributed by atoms with Crippen LogP contribution < -0.4 is 10.5 Å². The summed E-state index contributed by atoms with van der Waals surface area (Å²) in [5, 5.41) is 0. The summed E-state index contributed by atoms with van der Waals surface area (Å²) in [6.07, 6.45) is -4.14. The van der Waals surface area contributed by atoms with Crippen LogP contribution in [0.15, 0.2) is 12.3 Å². The first-order valence-electron chi connectivity index (χ1n) is 4.52. The fourth-order valence-electron chi connectivity index (χ4n) is 0.985. The minimum atomic E-state index is -4.86. The van der Waals surface area contributed by atoms with E-state index in [1.54, 1.807) is 6.92 Å². The van der Waals surface area contributed by atoms with Crippen molar-refractivity contribution in [2.45, 2.75) is 13.3 Å². The van der Waals surface area contributed by atoms with Gasteiger partial charge in [-0.25, -0.2) is 9.78 Å². The Morgan fingerprint density at radius 1 is 1.53 bits per heavy atom. The number of carbonyl (C=O) groups is 1. The van der Waals surface area contributed by atoms with E-state index in [2.05, 4.69) is 14.5 Å². The molecule has 0 saturated carbocycles. The fourth-order valence-corrected chi connectivity index (χ4v) is 0.985. The van der Waals surface area contributed by atoms with E-state index in [1.807, 2.05) is 0 Å². The van der Waals surface area contributed by atoms with Crippen molar-refractivity contribution in [1.82, 2.24) is 4.98 Å². The number of anilines is 1. The van der Waals surface area contributed by atoms with Gasteiger partial charge in [-0.2, -0.15) is 0 Å². The van der Waals surface area contributed by atoms with Crippen molar-refractivity contribution in [1.29, 1.82) is 0 Å². The highest BCUT2D eigenvalue weighted by Crippen LogP contribution is 2.27. The zero-order valence-corrected chi connectivity index (χ0v) is 8.75. The van der Waals surface area contributed by atoms with Gasteiger partial charge in [-0.05, 0) is 13.0 Å². The summed E-state index contributed by atoms with van der Waals surface area (Å²) < 4.78 is 43.9. The normalized spacial score (nSPS) is 11.1. The van der Waals surface area contributed by atoms with Crippen molar-refractivity contribution in [2.24, 2.45) is 0 Å². The third-order valence-electron chi connectivity index (χ3n) is 1.61. The summed E-state index contributed by atoms with van der Waals surface area (Å²) in [4.78, 5) is 14.7. The number of halogens is 3. The Balaban J connectivity index is 2.90. The molecular weight excluding hydrogens is 241 g/mol. The number of hydrogen-bond donors (Lipinski definition) is 1. The van der Waals surface area contributed by atoms with Gasteiger partial charge in [0.15, 0.2) is 11.4 Å². The van der Waals surface area contributed by atoms with E-state index in [0.29, 0.717) is 0 Å². The van der Waals surface area contributed by atoms with E-state index in [-0.39, 0.29) is 18.0 Å². The Morgan fingerprint density at radius 3 is 2.65 bits per heavy atom. The largest absolute Gasteiger partial charge is 0.573 e. The smallest absolute Gasteiger partial charge is 0.461 e. The number of nitrogen functional groups attached to an aromatic ring is 1. The van der Waals surface area contributed by atoms with Crippen LogP contribution in [0.3, 0.4) is 0 Å². The Morgan fingerprint density at radius 2 is 2.18 bits per heavy atom. The van der Waals surface area contributed by atoms with Crippen LogP contribution in [-0.4, -0.2) is 23.9 Å². The zero-order chi connectivity index (χ0) is 13.1. The van der Waals surface area contributed by atoms with Crippen LogP contribution in [0.5, 0.6) is 5.75 Å². The van der Waals surface area contributed by atoms with Crippen LogP contribution >= 0.6 is 0 Å². The van der Waals surface area contributed by atoms with E-state index >= 15 is 0 Å². The highest BCUT2D eigenvalue weighted by Gasteiger charge is 2.32. The second kappa shape index (κ2) is 4.89. The van der Waals surface area contributed by atoms with Crippen LogP contribution in [0.2, 0.25) is 0 Å². The molecule has 0 amide bonds. The number of esters is 1. The van der Waals surface area contributed by atoms with Gasteiger partial charge >= 0.3 is 12.3 Å². The molecule has 1 aromatic heterocycles. The number of alkyl halides is 3. The van der Waals surface area contributed by atoms with E-state index < -0.39 is 18.1 Å². The van der Waals surface area contributed by atoms with Crippen LogP contribution in [0.4, 0.5) is 18.9 Å². The monoisotopic (exact) mass is 250 g/mol. The molecule has 0 bridgehead atoms. The summed E-state index contributed by atoms with van der Waals surface area (Å²) in [6, 6.07) is 0.957. The van der Waals surface area contributed by atoms with Crippen LogP contribution in [0.1, 0.15) is 17.4 Å². The minimum absolute atomic E-state index is 0.126. The maximum Gasteiger partial charge on any atom is 0.573 e. The quantitative estimate of drug-likeness (QED) is 0.827. The molecule has 17 heavy (non-hydrogen) atoms. The molecular formula is C9H9F3N2O3. The Labute approximate surface area is 94.3 Å². The molecule has 2 N–H and O–H groups in total. The summed E-state index contributed by atoms with van der Waals surface area (Å²) in [5.74, 6) is -1.43. The molecule has 0 aliphatic heterocycles. The molecule has 0 aromatic carbocycles. The summed E-state index contributed by atoms with van der Waals surface area (Å²) in [5.41, 5.74) is 4.76. The number of pyridine rings is 1. The average Bonchev–Trinajstić information content (AvgIpc) is 2.19. The lowest BCUT2D eigenvalue weighted by atomic mass is 10.3. The lowest BCUT2D eigenvalue weighted by molar-refractivity contribution is -0.274. The topological polar surface area (TPSA) is 74.4 Å². The molecule has 94 valence electrons. The third kappa shape index (κ3) is 3.82. The molecule has 0 atom stereocenters. The van der Waals surface area contributed by atoms with Gasteiger partial charge in [-0.15, -0.1) is 13.2 Å². The van der Waals surface area contributed by atoms with Crippen molar-refractivity contribution in [2.75, 3.05) is 12.3 Å². The Bertz CT molecular complexity index is 420. The highest BCUT2D eigenvalue weighted by atomic mass is 19.4. The second-order valence-corrected chi connectivity index (χ2v) is 2.88. The summed E-state index contributed by atoms with van der Waals surface area (Å²) in [6.45, 7) is 1.71. The molecule has 0 radical (unpaired) electrons.